The zero-order chi connectivity index (χ0) is 17.7. The van der Waals surface area contributed by atoms with E-state index in [-0.39, 0.29) is 11.8 Å². The van der Waals surface area contributed by atoms with Crippen LogP contribution in [0.4, 0.5) is 15.6 Å². The van der Waals surface area contributed by atoms with E-state index in [9.17, 15) is 9.59 Å². The first kappa shape index (κ1) is 17.9. The number of nitrogens with one attached hydrogen (secondary N) is 2. The molecule has 0 bridgehead atoms. The first-order valence-electron chi connectivity index (χ1n) is 7.47. The van der Waals surface area contributed by atoms with Crippen LogP contribution in [0.1, 0.15) is 37.8 Å². The van der Waals surface area contributed by atoms with Crippen LogP contribution < -0.4 is 10.6 Å². The minimum atomic E-state index is -0.850. The number of amides is 2. The van der Waals surface area contributed by atoms with E-state index in [1.54, 1.807) is 18.2 Å². The van der Waals surface area contributed by atoms with Gasteiger partial charge in [-0.3, -0.25) is 10.1 Å². The number of rotatable bonds is 5. The van der Waals surface area contributed by atoms with E-state index in [2.05, 4.69) is 20.8 Å². The Morgan fingerprint density at radius 1 is 1.21 bits per heavy atom. The summed E-state index contributed by atoms with van der Waals surface area (Å²) in [7, 11) is 0. The van der Waals surface area contributed by atoms with Crippen LogP contribution in [0.2, 0.25) is 0 Å². The van der Waals surface area contributed by atoms with Gasteiger partial charge in [-0.2, -0.15) is 0 Å². The van der Waals surface area contributed by atoms with Crippen LogP contribution in [0.5, 0.6) is 0 Å². The maximum Gasteiger partial charge on any atom is 0.325 e. The average molecular weight is 348 g/mol. The third-order valence-corrected chi connectivity index (χ3v) is 4.36. The highest BCUT2D eigenvalue weighted by Gasteiger charge is 2.20. The fourth-order valence-corrected chi connectivity index (χ4v) is 2.69. The normalized spacial score (nSPS) is 11.1. The molecule has 0 saturated carbocycles. The molecule has 0 spiro atoms. The molecule has 7 nitrogen and oxygen atoms in total. The number of carbonyl (C=O) groups excluding carboxylic acids is 1. The van der Waals surface area contributed by atoms with Crippen molar-refractivity contribution >= 4 is 34.2 Å². The first-order valence-corrected chi connectivity index (χ1v) is 8.28. The minimum Gasteiger partial charge on any atom is -0.481 e. The van der Waals surface area contributed by atoms with E-state index in [0.29, 0.717) is 17.2 Å². The lowest BCUT2D eigenvalue weighted by molar-refractivity contribution is -0.136. The van der Waals surface area contributed by atoms with Gasteiger partial charge in [-0.25, -0.2) is 4.79 Å². The highest BCUT2D eigenvalue weighted by molar-refractivity contribution is 7.15. The molecular formula is C16H20N4O3S. The van der Waals surface area contributed by atoms with Crippen molar-refractivity contribution in [3.05, 3.63) is 34.8 Å². The summed E-state index contributed by atoms with van der Waals surface area (Å²) in [5.41, 5.74) is 1.32. The number of carboxylic acid groups (broad SMARTS) is 1. The summed E-state index contributed by atoms with van der Waals surface area (Å²) in [6.45, 7) is 6.08. The lowest BCUT2D eigenvalue weighted by Gasteiger charge is -2.12. The summed E-state index contributed by atoms with van der Waals surface area (Å²) in [5, 5.41) is 23.4. The summed E-state index contributed by atoms with van der Waals surface area (Å²) < 4.78 is 0. The Bertz CT molecular complexity index is 737. The number of anilines is 2. The van der Waals surface area contributed by atoms with Crippen LogP contribution in [0.3, 0.4) is 0 Å². The van der Waals surface area contributed by atoms with E-state index in [4.69, 9.17) is 5.11 Å². The molecule has 0 atom stereocenters. The highest BCUT2D eigenvalue weighted by Crippen LogP contribution is 2.27. The molecule has 8 heteroatoms. The van der Waals surface area contributed by atoms with Crippen molar-refractivity contribution < 1.29 is 14.7 Å². The van der Waals surface area contributed by atoms with Crippen LogP contribution in [0.15, 0.2) is 24.3 Å². The molecule has 1 heterocycles. The van der Waals surface area contributed by atoms with Gasteiger partial charge in [-0.05, 0) is 24.1 Å². The maximum absolute atomic E-state index is 12.0. The number of nitrogens with zero attached hydrogens (tertiary/aromatic N) is 2. The van der Waals surface area contributed by atoms with Crippen LogP contribution >= 0.6 is 11.3 Å². The first-order chi connectivity index (χ1) is 11.2. The molecule has 128 valence electrons. The summed E-state index contributed by atoms with van der Waals surface area (Å²) >= 11 is 1.33. The summed E-state index contributed by atoms with van der Waals surface area (Å²) in [6.07, 6.45) is 0.466. The van der Waals surface area contributed by atoms with E-state index in [1.807, 2.05) is 26.8 Å². The van der Waals surface area contributed by atoms with Crippen molar-refractivity contribution in [1.82, 2.24) is 10.2 Å². The van der Waals surface area contributed by atoms with Gasteiger partial charge in [0.25, 0.3) is 0 Å². The maximum atomic E-state index is 12.0. The monoisotopic (exact) mass is 348 g/mol. The number of hydrogen-bond acceptors (Lipinski definition) is 5. The van der Waals surface area contributed by atoms with Gasteiger partial charge in [-0.15, -0.1) is 10.2 Å². The van der Waals surface area contributed by atoms with Crippen LogP contribution in [-0.4, -0.2) is 27.3 Å². The van der Waals surface area contributed by atoms with Gasteiger partial charge in [0.2, 0.25) is 5.13 Å². The molecule has 1 aromatic carbocycles. The number of carbonyl (C=O) groups is 2. The van der Waals surface area contributed by atoms with Gasteiger partial charge in [0, 0.05) is 17.5 Å². The van der Waals surface area contributed by atoms with E-state index in [0.717, 1.165) is 10.6 Å². The summed E-state index contributed by atoms with van der Waals surface area (Å²) in [4.78, 5) is 22.7. The molecule has 2 aromatic rings. The smallest absolute Gasteiger partial charge is 0.325 e. The Hall–Kier alpha value is -2.48. The van der Waals surface area contributed by atoms with Gasteiger partial charge >= 0.3 is 12.0 Å². The van der Waals surface area contributed by atoms with Gasteiger partial charge in [0.1, 0.15) is 5.01 Å². The third-order valence-electron chi connectivity index (χ3n) is 3.10. The molecule has 0 radical (unpaired) electrons. The van der Waals surface area contributed by atoms with E-state index < -0.39 is 12.0 Å². The van der Waals surface area contributed by atoms with Crippen molar-refractivity contribution in [3.63, 3.8) is 0 Å². The molecule has 2 rings (SSSR count). The molecule has 0 aliphatic carbocycles. The fourth-order valence-electron chi connectivity index (χ4n) is 1.89. The van der Waals surface area contributed by atoms with E-state index >= 15 is 0 Å². The highest BCUT2D eigenvalue weighted by atomic mass is 32.1. The second-order valence-corrected chi connectivity index (χ2v) is 7.31. The molecule has 0 fully saturated rings. The lowest BCUT2D eigenvalue weighted by Crippen LogP contribution is -2.19. The number of hydrogen-bond donors (Lipinski definition) is 3. The van der Waals surface area contributed by atoms with Crippen LogP contribution in [0.25, 0.3) is 0 Å². The number of urea groups is 1. The third kappa shape index (κ3) is 5.31. The quantitative estimate of drug-likeness (QED) is 0.767. The van der Waals surface area contributed by atoms with Gasteiger partial charge < -0.3 is 10.4 Å². The molecule has 1 aromatic heterocycles. The summed E-state index contributed by atoms with van der Waals surface area (Å²) in [6, 6.07) is 6.68. The van der Waals surface area contributed by atoms with Crippen molar-refractivity contribution in [2.75, 3.05) is 10.6 Å². The molecule has 3 N–H and O–H groups in total. The summed E-state index contributed by atoms with van der Waals surface area (Å²) in [5.74, 6) is -0.850. The second kappa shape index (κ2) is 7.39. The number of benzene rings is 1. The fraction of sp³-hybridized carbons (Fsp3) is 0.375. The number of aromatic nitrogens is 2. The Morgan fingerprint density at radius 2 is 1.96 bits per heavy atom. The van der Waals surface area contributed by atoms with Gasteiger partial charge in [0.05, 0.1) is 0 Å². The average Bonchev–Trinajstić information content (AvgIpc) is 2.94. The van der Waals surface area contributed by atoms with Crippen molar-refractivity contribution in [3.8, 4) is 0 Å². The topological polar surface area (TPSA) is 104 Å². The van der Waals surface area contributed by atoms with Crippen LogP contribution in [-0.2, 0) is 16.6 Å². The SMILES string of the molecule is CC(C)(C)c1nnc(NC(=O)Nc2cccc(CCC(=O)O)c2)s1. The van der Waals surface area contributed by atoms with Crippen LogP contribution in [0, 0.1) is 0 Å². The molecule has 0 aliphatic heterocycles. The van der Waals surface area contributed by atoms with Crippen molar-refractivity contribution in [1.29, 1.82) is 0 Å². The van der Waals surface area contributed by atoms with Gasteiger partial charge in [-0.1, -0.05) is 44.2 Å². The second-order valence-electron chi connectivity index (χ2n) is 6.34. The van der Waals surface area contributed by atoms with Crippen molar-refractivity contribution in [2.24, 2.45) is 0 Å². The minimum absolute atomic E-state index is 0.0516. The van der Waals surface area contributed by atoms with Crippen molar-refractivity contribution in [2.45, 2.75) is 39.0 Å². The molecule has 24 heavy (non-hydrogen) atoms. The number of aryl methyl sites for hydroxylation is 1. The Balaban J connectivity index is 1.96. The Kier molecular flexibility index (Phi) is 5.50. The molecule has 0 saturated heterocycles. The molecule has 0 unspecified atom stereocenters. The Labute approximate surface area is 144 Å². The zero-order valence-corrected chi connectivity index (χ0v) is 14.6. The molecule has 2 amide bonds. The molecular weight excluding hydrogens is 328 g/mol. The zero-order valence-electron chi connectivity index (χ0n) is 13.8. The predicted octanol–water partition coefficient (Wildman–Crippen LogP) is 3.50. The number of aliphatic carboxylic acids is 1. The van der Waals surface area contributed by atoms with Gasteiger partial charge in [0.15, 0.2) is 0 Å². The largest absolute Gasteiger partial charge is 0.481 e. The van der Waals surface area contributed by atoms with E-state index in [1.165, 1.54) is 11.3 Å². The predicted molar refractivity (Wildman–Crippen MR) is 93.6 cm³/mol. The Morgan fingerprint density at radius 3 is 2.58 bits per heavy atom. The number of carboxylic acids is 1. The standard InChI is InChI=1S/C16H20N4O3S/c1-16(2,3)13-19-20-15(24-13)18-14(23)17-11-6-4-5-10(9-11)7-8-12(21)22/h4-6,9H,7-8H2,1-3H3,(H,21,22)(H2,17,18,20,23). The molecule has 0 aliphatic rings. The lowest BCUT2D eigenvalue weighted by atomic mass is 9.98.